The van der Waals surface area contributed by atoms with Crippen LogP contribution in [0, 0.1) is 0 Å². The number of fused-ring (bicyclic) bond motifs is 3. The molecule has 0 saturated carbocycles. The second-order valence-electron chi connectivity index (χ2n) is 12.8. The highest BCUT2D eigenvalue weighted by Crippen LogP contribution is 2.43. The maximum absolute atomic E-state index is 3.69. The molecule has 0 bridgehead atoms. The van der Waals surface area contributed by atoms with Crippen molar-refractivity contribution in [3.8, 4) is 39.1 Å². The number of nitrogens with zero attached hydrogens (tertiary/aromatic N) is 1. The first kappa shape index (κ1) is 30.2. The average Bonchev–Trinajstić information content (AvgIpc) is 3.54. The molecule has 0 fully saturated rings. The van der Waals surface area contributed by atoms with Gasteiger partial charge in [0.1, 0.15) is 0 Å². The molecule has 0 radical (unpaired) electrons. The molecule has 0 aliphatic carbocycles. The van der Waals surface area contributed by atoms with Crippen LogP contribution < -0.4 is 10.6 Å². The highest BCUT2D eigenvalue weighted by atomic mass is 15.0. The molecule has 8 aromatic carbocycles. The van der Waals surface area contributed by atoms with E-state index in [-0.39, 0.29) is 0 Å². The van der Waals surface area contributed by atoms with Crippen molar-refractivity contribution < 1.29 is 0 Å². The smallest absolute Gasteiger partial charge is 0.0547 e. The van der Waals surface area contributed by atoms with Gasteiger partial charge in [0.15, 0.2) is 0 Å². The minimum absolute atomic E-state index is 1.06. The fourth-order valence-electron chi connectivity index (χ4n) is 7.20. The molecule has 0 aliphatic rings. The molecule has 1 aromatic heterocycles. The monoisotopic (exact) mass is 653 g/mol. The first-order chi connectivity index (χ1) is 25.3. The van der Waals surface area contributed by atoms with Gasteiger partial charge in [-0.1, -0.05) is 127 Å². The van der Waals surface area contributed by atoms with Crippen LogP contribution in [0.3, 0.4) is 0 Å². The van der Waals surface area contributed by atoms with E-state index in [0.29, 0.717) is 0 Å². The predicted molar refractivity (Wildman–Crippen MR) is 217 cm³/mol. The number of nitrogens with one attached hydrogen (secondary N) is 2. The van der Waals surface area contributed by atoms with E-state index >= 15 is 0 Å². The van der Waals surface area contributed by atoms with Gasteiger partial charge >= 0.3 is 0 Å². The zero-order valence-corrected chi connectivity index (χ0v) is 28.0. The quantitative estimate of drug-likeness (QED) is 0.171. The van der Waals surface area contributed by atoms with E-state index in [1.807, 2.05) is 12.1 Å². The second kappa shape index (κ2) is 13.2. The van der Waals surface area contributed by atoms with Crippen LogP contribution in [0.4, 0.5) is 22.7 Å². The van der Waals surface area contributed by atoms with Gasteiger partial charge in [-0.15, -0.1) is 0 Å². The van der Waals surface area contributed by atoms with Crippen LogP contribution in [0.25, 0.3) is 60.9 Å². The van der Waals surface area contributed by atoms with Gasteiger partial charge in [0.2, 0.25) is 0 Å². The van der Waals surface area contributed by atoms with Gasteiger partial charge in [0.25, 0.3) is 0 Å². The Balaban J connectivity index is 1.25. The minimum Gasteiger partial charge on any atom is -0.355 e. The summed E-state index contributed by atoms with van der Waals surface area (Å²) in [5.74, 6) is 0. The lowest BCUT2D eigenvalue weighted by atomic mass is 9.94. The number of aromatic nitrogens is 1. The first-order valence-corrected chi connectivity index (χ1v) is 17.4. The molecule has 0 atom stereocenters. The third-order valence-electron chi connectivity index (χ3n) is 9.57. The van der Waals surface area contributed by atoms with Crippen LogP contribution in [-0.2, 0) is 0 Å². The summed E-state index contributed by atoms with van der Waals surface area (Å²) in [4.78, 5) is 0. The lowest BCUT2D eigenvalue weighted by molar-refractivity contribution is 1.18. The largest absolute Gasteiger partial charge is 0.355 e. The highest BCUT2D eigenvalue weighted by molar-refractivity contribution is 6.17. The zero-order valence-electron chi connectivity index (χ0n) is 28.0. The normalized spacial score (nSPS) is 11.1. The molecule has 9 aromatic rings. The van der Waals surface area contributed by atoms with Gasteiger partial charge in [-0.25, -0.2) is 0 Å². The standard InChI is InChI=1S/C48H35N3/c1-5-16-34(17-6-1)42-32-35(28-30-45(42)50-38-20-9-3-10-21-38)36-29-31-46-43(33-36)48-41(25-15-27-47(48)51(46)39-22-11-4-12-23-39)40-24-13-14-26-44(40)49-37-18-7-2-8-19-37/h1-33,49-50H. The van der Waals surface area contributed by atoms with E-state index in [1.165, 1.54) is 44.1 Å². The lowest BCUT2D eigenvalue weighted by Gasteiger charge is -2.15. The fourth-order valence-corrected chi connectivity index (χ4v) is 7.20. The summed E-state index contributed by atoms with van der Waals surface area (Å²) < 4.78 is 2.40. The van der Waals surface area contributed by atoms with E-state index in [4.69, 9.17) is 0 Å². The molecule has 242 valence electrons. The summed E-state index contributed by atoms with van der Waals surface area (Å²) in [6.07, 6.45) is 0. The Morgan fingerprint density at radius 2 is 0.882 bits per heavy atom. The minimum atomic E-state index is 1.06. The van der Waals surface area contributed by atoms with Gasteiger partial charge < -0.3 is 15.2 Å². The molecule has 0 spiro atoms. The molecular weight excluding hydrogens is 619 g/mol. The highest BCUT2D eigenvalue weighted by Gasteiger charge is 2.19. The molecule has 0 amide bonds. The maximum Gasteiger partial charge on any atom is 0.0547 e. The molecular formula is C48H35N3. The van der Waals surface area contributed by atoms with Crippen LogP contribution in [0.1, 0.15) is 0 Å². The van der Waals surface area contributed by atoms with Crippen molar-refractivity contribution in [1.29, 1.82) is 0 Å². The van der Waals surface area contributed by atoms with Crippen LogP contribution >= 0.6 is 0 Å². The summed E-state index contributed by atoms with van der Waals surface area (Å²) in [5.41, 5.74) is 14.8. The van der Waals surface area contributed by atoms with Gasteiger partial charge in [-0.2, -0.15) is 0 Å². The Morgan fingerprint density at radius 3 is 1.59 bits per heavy atom. The van der Waals surface area contributed by atoms with Gasteiger partial charge in [0, 0.05) is 50.3 Å². The van der Waals surface area contributed by atoms with E-state index in [1.54, 1.807) is 0 Å². The molecule has 51 heavy (non-hydrogen) atoms. The Morgan fingerprint density at radius 1 is 0.333 bits per heavy atom. The summed E-state index contributed by atoms with van der Waals surface area (Å²) in [6.45, 7) is 0. The van der Waals surface area contributed by atoms with E-state index in [9.17, 15) is 0 Å². The van der Waals surface area contributed by atoms with E-state index < -0.39 is 0 Å². The maximum atomic E-state index is 3.69. The number of hydrogen-bond acceptors (Lipinski definition) is 2. The molecule has 0 unspecified atom stereocenters. The van der Waals surface area contributed by atoms with Crippen molar-refractivity contribution in [2.75, 3.05) is 10.6 Å². The zero-order chi connectivity index (χ0) is 34.0. The Labute approximate surface area is 298 Å². The average molecular weight is 654 g/mol. The van der Waals surface area contributed by atoms with Gasteiger partial charge in [-0.05, 0) is 95.1 Å². The van der Waals surface area contributed by atoms with Gasteiger partial charge in [-0.3, -0.25) is 0 Å². The fraction of sp³-hybridized carbons (Fsp3) is 0. The summed E-state index contributed by atoms with van der Waals surface area (Å²) in [6, 6.07) is 71.0. The number of hydrogen-bond donors (Lipinski definition) is 2. The molecule has 9 rings (SSSR count). The molecule has 0 saturated heterocycles. The molecule has 3 heteroatoms. The van der Waals surface area contributed by atoms with Crippen molar-refractivity contribution in [1.82, 2.24) is 4.57 Å². The van der Waals surface area contributed by atoms with Crippen molar-refractivity contribution in [3.05, 3.63) is 200 Å². The van der Waals surface area contributed by atoms with Crippen LogP contribution in [0.5, 0.6) is 0 Å². The number of anilines is 4. The number of rotatable bonds is 8. The molecule has 1 heterocycles. The third kappa shape index (κ3) is 5.81. The van der Waals surface area contributed by atoms with Crippen molar-refractivity contribution in [3.63, 3.8) is 0 Å². The SMILES string of the molecule is c1ccc(Nc2ccc(-c3ccc4c(c3)c3c(-c5ccccc5Nc5ccccc5)cccc3n4-c3ccccc3)cc2-c2ccccc2)cc1. The third-order valence-corrected chi connectivity index (χ3v) is 9.57. The molecule has 2 N–H and O–H groups in total. The summed E-state index contributed by atoms with van der Waals surface area (Å²) >= 11 is 0. The lowest BCUT2D eigenvalue weighted by Crippen LogP contribution is -1.94. The Kier molecular flexibility index (Phi) is 7.84. The van der Waals surface area contributed by atoms with Crippen molar-refractivity contribution >= 4 is 44.6 Å². The van der Waals surface area contributed by atoms with Crippen LogP contribution in [0.2, 0.25) is 0 Å². The van der Waals surface area contributed by atoms with Crippen molar-refractivity contribution in [2.45, 2.75) is 0 Å². The predicted octanol–water partition coefficient (Wildman–Crippen LogP) is 13.3. The van der Waals surface area contributed by atoms with E-state index in [2.05, 4.69) is 203 Å². The van der Waals surface area contributed by atoms with Crippen molar-refractivity contribution in [2.24, 2.45) is 0 Å². The summed E-state index contributed by atoms with van der Waals surface area (Å²) in [5, 5.41) is 9.80. The second-order valence-corrected chi connectivity index (χ2v) is 12.8. The van der Waals surface area contributed by atoms with Gasteiger partial charge in [0.05, 0.1) is 11.0 Å². The first-order valence-electron chi connectivity index (χ1n) is 17.4. The molecule has 0 aliphatic heterocycles. The number of benzene rings is 8. The van der Waals surface area contributed by atoms with Crippen LogP contribution in [0.15, 0.2) is 200 Å². The van der Waals surface area contributed by atoms with E-state index in [0.717, 1.165) is 39.6 Å². The number of para-hydroxylation sites is 4. The topological polar surface area (TPSA) is 29.0 Å². The Hall–Kier alpha value is -6.84. The van der Waals surface area contributed by atoms with Crippen LogP contribution in [-0.4, -0.2) is 4.57 Å². The summed E-state index contributed by atoms with van der Waals surface area (Å²) in [7, 11) is 0. The Bertz CT molecular complexity index is 2610. The molecule has 3 nitrogen and oxygen atoms in total.